The number of carbonyl (C=O) groups excluding carboxylic acids is 1. The number of hydrogen-bond acceptors (Lipinski definition) is 7. The van der Waals surface area contributed by atoms with Gasteiger partial charge >= 0.3 is 0 Å². The number of amides is 1. The van der Waals surface area contributed by atoms with Gasteiger partial charge in [0.15, 0.2) is 0 Å². The highest BCUT2D eigenvalue weighted by Gasteiger charge is 2.20. The Bertz CT molecular complexity index is 686. The van der Waals surface area contributed by atoms with Crippen molar-refractivity contribution in [1.82, 2.24) is 9.59 Å². The van der Waals surface area contributed by atoms with Gasteiger partial charge in [-0.3, -0.25) is 14.9 Å². The highest BCUT2D eigenvalue weighted by Crippen LogP contribution is 2.29. The second kappa shape index (κ2) is 6.27. The molecule has 0 atom stereocenters. The first-order valence-electron chi connectivity index (χ1n) is 6.04. The summed E-state index contributed by atoms with van der Waals surface area (Å²) in [5, 5.41) is 17.3. The zero-order chi connectivity index (χ0) is 15.4. The van der Waals surface area contributed by atoms with Crippen LogP contribution in [0.15, 0.2) is 18.2 Å². The minimum atomic E-state index is -0.573. The van der Waals surface area contributed by atoms with Crippen molar-refractivity contribution in [3.8, 4) is 5.75 Å². The Hall–Kier alpha value is -2.55. The van der Waals surface area contributed by atoms with Crippen LogP contribution in [0.4, 0.5) is 11.4 Å². The molecule has 0 bridgehead atoms. The summed E-state index contributed by atoms with van der Waals surface area (Å²) in [5.74, 6) is -0.104. The molecule has 21 heavy (non-hydrogen) atoms. The van der Waals surface area contributed by atoms with Gasteiger partial charge in [0.1, 0.15) is 16.3 Å². The van der Waals surface area contributed by atoms with E-state index in [1.54, 1.807) is 19.9 Å². The molecular formula is C12H12N4O4S. The Morgan fingerprint density at radius 1 is 1.52 bits per heavy atom. The van der Waals surface area contributed by atoms with Gasteiger partial charge < -0.3 is 10.1 Å². The van der Waals surface area contributed by atoms with Gasteiger partial charge in [-0.1, -0.05) is 4.49 Å². The molecule has 1 amide bonds. The number of ether oxygens (including phenoxy) is 1. The average Bonchev–Trinajstić information content (AvgIpc) is 2.87. The molecule has 1 heterocycles. The van der Waals surface area contributed by atoms with Crippen LogP contribution in [0.3, 0.4) is 0 Å². The number of aromatic nitrogens is 2. The summed E-state index contributed by atoms with van der Waals surface area (Å²) in [6.07, 6.45) is 0. The molecule has 1 N–H and O–H groups in total. The fraction of sp³-hybridized carbons (Fsp3) is 0.250. The van der Waals surface area contributed by atoms with Crippen LogP contribution in [-0.4, -0.2) is 27.0 Å². The van der Waals surface area contributed by atoms with Gasteiger partial charge in [-0.05, 0) is 37.5 Å². The Morgan fingerprint density at radius 3 is 2.86 bits per heavy atom. The topological polar surface area (TPSA) is 107 Å². The van der Waals surface area contributed by atoms with Crippen molar-refractivity contribution in [3.63, 3.8) is 0 Å². The Morgan fingerprint density at radius 2 is 2.29 bits per heavy atom. The maximum absolute atomic E-state index is 12.0. The predicted octanol–water partition coefficient (Wildman–Crippen LogP) is 2.41. The molecule has 0 radical (unpaired) electrons. The van der Waals surface area contributed by atoms with Crippen molar-refractivity contribution in [2.24, 2.45) is 0 Å². The summed E-state index contributed by atoms with van der Waals surface area (Å²) in [7, 11) is 0. The molecular weight excluding hydrogens is 296 g/mol. The zero-order valence-electron chi connectivity index (χ0n) is 11.3. The van der Waals surface area contributed by atoms with E-state index in [2.05, 4.69) is 14.9 Å². The van der Waals surface area contributed by atoms with Gasteiger partial charge in [-0.15, -0.1) is 5.10 Å². The van der Waals surface area contributed by atoms with Crippen molar-refractivity contribution in [1.29, 1.82) is 0 Å². The number of nitrogens with zero attached hydrogens (tertiary/aromatic N) is 3. The quantitative estimate of drug-likeness (QED) is 0.671. The van der Waals surface area contributed by atoms with Gasteiger partial charge in [0.05, 0.1) is 23.3 Å². The Balaban J connectivity index is 2.29. The molecule has 0 spiro atoms. The number of rotatable bonds is 5. The van der Waals surface area contributed by atoms with Crippen molar-refractivity contribution in [2.45, 2.75) is 13.8 Å². The number of anilines is 1. The zero-order valence-corrected chi connectivity index (χ0v) is 12.1. The Kier molecular flexibility index (Phi) is 4.43. The van der Waals surface area contributed by atoms with Gasteiger partial charge in [0.25, 0.3) is 11.6 Å². The molecule has 1 aromatic heterocycles. The summed E-state index contributed by atoms with van der Waals surface area (Å²) < 4.78 is 8.87. The Labute approximate surface area is 124 Å². The van der Waals surface area contributed by atoms with E-state index in [4.69, 9.17) is 4.74 Å². The second-order valence-corrected chi connectivity index (χ2v) is 4.76. The van der Waals surface area contributed by atoms with Crippen LogP contribution in [0.1, 0.15) is 22.3 Å². The molecule has 0 saturated carbocycles. The largest absolute Gasteiger partial charge is 0.494 e. The fourth-order valence-electron chi connectivity index (χ4n) is 1.64. The summed E-state index contributed by atoms with van der Waals surface area (Å²) in [5.41, 5.74) is 0.344. The lowest BCUT2D eigenvalue weighted by molar-refractivity contribution is -0.384. The first-order valence-corrected chi connectivity index (χ1v) is 6.81. The third kappa shape index (κ3) is 3.31. The third-order valence-electron chi connectivity index (χ3n) is 2.58. The lowest BCUT2D eigenvalue weighted by Crippen LogP contribution is -2.13. The van der Waals surface area contributed by atoms with Crippen LogP contribution in [0, 0.1) is 17.0 Å². The maximum atomic E-state index is 12.0. The van der Waals surface area contributed by atoms with E-state index in [0.717, 1.165) is 11.5 Å². The van der Waals surface area contributed by atoms with E-state index < -0.39 is 10.8 Å². The average molecular weight is 308 g/mol. The number of nitrogens with one attached hydrogen (secondary N) is 1. The molecule has 2 aromatic rings. The number of carbonyl (C=O) groups is 1. The second-order valence-electron chi connectivity index (χ2n) is 4.01. The van der Waals surface area contributed by atoms with Crippen molar-refractivity contribution in [3.05, 3.63) is 38.9 Å². The minimum absolute atomic E-state index is 0.0984. The highest BCUT2D eigenvalue weighted by atomic mass is 32.1. The van der Waals surface area contributed by atoms with Gasteiger partial charge in [-0.2, -0.15) is 0 Å². The lowest BCUT2D eigenvalue weighted by atomic mass is 10.2. The number of nitro benzene ring substituents is 1. The number of aryl methyl sites for hydroxylation is 1. The van der Waals surface area contributed by atoms with Crippen LogP contribution in [0.2, 0.25) is 0 Å². The summed E-state index contributed by atoms with van der Waals surface area (Å²) in [4.78, 5) is 22.9. The van der Waals surface area contributed by atoms with Crippen LogP contribution in [-0.2, 0) is 0 Å². The van der Waals surface area contributed by atoms with Gasteiger partial charge in [0, 0.05) is 0 Å². The smallest absolute Gasteiger partial charge is 0.296 e. The van der Waals surface area contributed by atoms with E-state index in [-0.39, 0.29) is 11.4 Å². The maximum Gasteiger partial charge on any atom is 0.296 e. The number of benzene rings is 1. The van der Waals surface area contributed by atoms with Crippen molar-refractivity contribution < 1.29 is 14.5 Å². The fourth-order valence-corrected chi connectivity index (χ4v) is 2.20. The standard InChI is InChI=1S/C12H12N4O4S/c1-3-20-8-4-5-9(10(6-8)16(18)19)13-12(17)11-7(2)14-15-21-11/h4-6H,3H2,1-2H3,(H,13,17). The highest BCUT2D eigenvalue weighted by molar-refractivity contribution is 7.08. The van der Waals surface area contributed by atoms with Crippen molar-refractivity contribution >= 4 is 28.8 Å². The van der Waals surface area contributed by atoms with Crippen LogP contribution in [0.25, 0.3) is 0 Å². The number of hydrogen-bond donors (Lipinski definition) is 1. The summed E-state index contributed by atoms with van der Waals surface area (Å²) >= 11 is 0.935. The number of nitro groups is 1. The van der Waals surface area contributed by atoms with Gasteiger partial charge in [0.2, 0.25) is 0 Å². The lowest BCUT2D eigenvalue weighted by Gasteiger charge is -2.07. The molecule has 0 aliphatic heterocycles. The minimum Gasteiger partial charge on any atom is -0.494 e. The predicted molar refractivity (Wildman–Crippen MR) is 76.9 cm³/mol. The molecule has 0 fully saturated rings. The SMILES string of the molecule is CCOc1ccc(NC(=O)c2snnc2C)c([N+](=O)[O-])c1. The van der Waals surface area contributed by atoms with Crippen LogP contribution < -0.4 is 10.1 Å². The molecule has 0 saturated heterocycles. The summed E-state index contributed by atoms with van der Waals surface area (Å²) in [6, 6.07) is 4.27. The van der Waals surface area contributed by atoms with E-state index in [1.165, 1.54) is 12.1 Å². The van der Waals surface area contributed by atoms with E-state index in [1.807, 2.05) is 0 Å². The molecule has 9 heteroatoms. The summed E-state index contributed by atoms with van der Waals surface area (Å²) in [6.45, 7) is 3.82. The molecule has 8 nitrogen and oxygen atoms in total. The van der Waals surface area contributed by atoms with E-state index >= 15 is 0 Å². The molecule has 1 aromatic carbocycles. The van der Waals surface area contributed by atoms with Crippen LogP contribution in [0.5, 0.6) is 5.75 Å². The van der Waals surface area contributed by atoms with E-state index in [9.17, 15) is 14.9 Å². The first kappa shape index (κ1) is 14.9. The van der Waals surface area contributed by atoms with Crippen molar-refractivity contribution in [2.75, 3.05) is 11.9 Å². The molecule has 0 unspecified atom stereocenters. The van der Waals surface area contributed by atoms with Gasteiger partial charge in [-0.25, -0.2) is 0 Å². The third-order valence-corrected chi connectivity index (χ3v) is 3.41. The normalized spacial score (nSPS) is 10.2. The molecule has 110 valence electrons. The monoisotopic (exact) mass is 308 g/mol. The molecule has 2 rings (SSSR count). The van der Waals surface area contributed by atoms with E-state index in [0.29, 0.717) is 22.9 Å². The molecule has 0 aliphatic carbocycles. The van der Waals surface area contributed by atoms with Crippen LogP contribution >= 0.6 is 11.5 Å². The first-order chi connectivity index (χ1) is 10.0. The molecule has 0 aliphatic rings.